The van der Waals surface area contributed by atoms with Crippen molar-refractivity contribution in [1.82, 2.24) is 10.2 Å². The molecule has 1 unspecified atom stereocenters. The van der Waals surface area contributed by atoms with E-state index in [1.807, 2.05) is 19.1 Å². The molecule has 0 bridgehead atoms. The standard InChI is InChI=1S/C23H31BrN2O3/c1-4-29-23-20(24)12-17(13-22(23)28-3)15-25-16-21(26-10-5-6-11-26)18-8-7-9-19(14-18)27-2/h7-9,12-14,21,25H,4-6,10-11,15-16H2,1-3H3. The van der Waals surface area contributed by atoms with Crippen LogP contribution in [0.15, 0.2) is 40.9 Å². The minimum Gasteiger partial charge on any atom is -0.497 e. The molecule has 1 fully saturated rings. The third-order valence-electron chi connectivity index (χ3n) is 5.30. The Bertz CT molecular complexity index is 794. The van der Waals surface area contributed by atoms with E-state index in [1.165, 1.54) is 18.4 Å². The topological polar surface area (TPSA) is 43.0 Å². The lowest BCUT2D eigenvalue weighted by atomic mass is 10.0. The normalized spacial score (nSPS) is 15.3. The predicted octanol–water partition coefficient (Wildman–Crippen LogP) is 4.79. The molecule has 0 radical (unpaired) electrons. The van der Waals surface area contributed by atoms with Gasteiger partial charge in [-0.15, -0.1) is 0 Å². The van der Waals surface area contributed by atoms with Crippen LogP contribution in [0.5, 0.6) is 17.2 Å². The van der Waals surface area contributed by atoms with Crippen LogP contribution in [0.3, 0.4) is 0 Å². The minimum atomic E-state index is 0.334. The van der Waals surface area contributed by atoms with Crippen molar-refractivity contribution in [2.45, 2.75) is 32.4 Å². The Kier molecular flexibility index (Phi) is 8.21. The molecule has 3 rings (SSSR count). The second kappa shape index (κ2) is 10.9. The maximum Gasteiger partial charge on any atom is 0.175 e. The van der Waals surface area contributed by atoms with Crippen LogP contribution in [-0.4, -0.2) is 45.4 Å². The van der Waals surface area contributed by atoms with Gasteiger partial charge in [-0.05, 0) is 84.2 Å². The predicted molar refractivity (Wildman–Crippen MR) is 120 cm³/mol. The first-order chi connectivity index (χ1) is 14.2. The fourth-order valence-corrected chi connectivity index (χ4v) is 4.48. The average molecular weight is 463 g/mol. The van der Waals surface area contributed by atoms with Crippen LogP contribution in [0.1, 0.15) is 36.9 Å². The highest BCUT2D eigenvalue weighted by Crippen LogP contribution is 2.36. The van der Waals surface area contributed by atoms with Crippen LogP contribution in [0.25, 0.3) is 0 Å². The first-order valence-electron chi connectivity index (χ1n) is 10.2. The largest absolute Gasteiger partial charge is 0.497 e. The minimum absolute atomic E-state index is 0.334. The smallest absolute Gasteiger partial charge is 0.175 e. The van der Waals surface area contributed by atoms with Crippen LogP contribution in [-0.2, 0) is 6.54 Å². The number of rotatable bonds is 10. The zero-order valence-corrected chi connectivity index (χ0v) is 19.1. The highest BCUT2D eigenvalue weighted by Gasteiger charge is 2.23. The molecule has 0 saturated carbocycles. The highest BCUT2D eigenvalue weighted by molar-refractivity contribution is 9.10. The summed E-state index contributed by atoms with van der Waals surface area (Å²) in [5.41, 5.74) is 2.45. The van der Waals surface area contributed by atoms with Crippen LogP contribution in [0.2, 0.25) is 0 Å². The Morgan fingerprint density at radius 2 is 1.90 bits per heavy atom. The lowest BCUT2D eigenvalue weighted by Crippen LogP contribution is -2.34. The Morgan fingerprint density at radius 1 is 1.10 bits per heavy atom. The molecule has 5 nitrogen and oxygen atoms in total. The molecule has 29 heavy (non-hydrogen) atoms. The van der Waals surface area contributed by atoms with Crippen molar-refractivity contribution in [3.05, 3.63) is 52.0 Å². The molecule has 2 aromatic carbocycles. The second-order valence-corrected chi connectivity index (χ2v) is 8.06. The van der Waals surface area contributed by atoms with Gasteiger partial charge in [0.15, 0.2) is 11.5 Å². The molecule has 1 atom stereocenters. The molecule has 1 saturated heterocycles. The second-order valence-electron chi connectivity index (χ2n) is 7.21. The lowest BCUT2D eigenvalue weighted by molar-refractivity contribution is 0.238. The van der Waals surface area contributed by atoms with Gasteiger partial charge in [0.1, 0.15) is 5.75 Å². The number of benzene rings is 2. The summed E-state index contributed by atoms with van der Waals surface area (Å²) in [5, 5.41) is 3.64. The summed E-state index contributed by atoms with van der Waals surface area (Å²) in [7, 11) is 3.40. The molecule has 1 heterocycles. The van der Waals surface area contributed by atoms with E-state index in [9.17, 15) is 0 Å². The quantitative estimate of drug-likeness (QED) is 0.549. The van der Waals surface area contributed by atoms with Gasteiger partial charge in [-0.3, -0.25) is 4.90 Å². The third-order valence-corrected chi connectivity index (χ3v) is 5.89. The summed E-state index contributed by atoms with van der Waals surface area (Å²) < 4.78 is 17.6. The van der Waals surface area contributed by atoms with Gasteiger partial charge in [0, 0.05) is 19.1 Å². The molecule has 0 aromatic heterocycles. The molecular formula is C23H31BrN2O3. The van der Waals surface area contributed by atoms with E-state index in [0.717, 1.165) is 53.5 Å². The number of hydrogen-bond donors (Lipinski definition) is 1. The molecule has 0 spiro atoms. The Morgan fingerprint density at radius 3 is 2.59 bits per heavy atom. The van der Waals surface area contributed by atoms with Gasteiger partial charge < -0.3 is 19.5 Å². The van der Waals surface area contributed by atoms with E-state index in [-0.39, 0.29) is 0 Å². The zero-order valence-electron chi connectivity index (χ0n) is 17.5. The Labute approximate surface area is 182 Å². The van der Waals surface area contributed by atoms with E-state index in [2.05, 4.69) is 50.4 Å². The van der Waals surface area contributed by atoms with Gasteiger partial charge in [0.05, 0.1) is 25.3 Å². The summed E-state index contributed by atoms with van der Waals surface area (Å²) in [6.07, 6.45) is 2.53. The number of nitrogens with one attached hydrogen (secondary N) is 1. The number of methoxy groups -OCH3 is 2. The SMILES string of the molecule is CCOc1c(Br)cc(CNCC(c2cccc(OC)c2)N2CCCC2)cc1OC. The van der Waals surface area contributed by atoms with Crippen molar-refractivity contribution in [3.63, 3.8) is 0 Å². The van der Waals surface area contributed by atoms with Gasteiger partial charge in [-0.1, -0.05) is 12.1 Å². The van der Waals surface area contributed by atoms with E-state index in [4.69, 9.17) is 14.2 Å². The molecule has 2 aromatic rings. The van der Waals surface area contributed by atoms with Crippen LogP contribution >= 0.6 is 15.9 Å². The average Bonchev–Trinajstić information content (AvgIpc) is 3.27. The van der Waals surface area contributed by atoms with Crippen molar-refractivity contribution >= 4 is 15.9 Å². The first-order valence-corrected chi connectivity index (χ1v) is 11.0. The van der Waals surface area contributed by atoms with Gasteiger partial charge in [-0.25, -0.2) is 0 Å². The summed E-state index contributed by atoms with van der Waals surface area (Å²) in [6.45, 7) is 6.50. The van der Waals surface area contributed by atoms with Crippen molar-refractivity contribution < 1.29 is 14.2 Å². The van der Waals surface area contributed by atoms with Crippen LogP contribution < -0.4 is 19.5 Å². The van der Waals surface area contributed by atoms with Crippen molar-refractivity contribution in [1.29, 1.82) is 0 Å². The molecule has 6 heteroatoms. The molecule has 0 aliphatic carbocycles. The van der Waals surface area contributed by atoms with Crippen LogP contribution in [0.4, 0.5) is 0 Å². The van der Waals surface area contributed by atoms with E-state index in [0.29, 0.717) is 12.6 Å². The van der Waals surface area contributed by atoms with Gasteiger partial charge >= 0.3 is 0 Å². The highest BCUT2D eigenvalue weighted by atomic mass is 79.9. The molecule has 1 N–H and O–H groups in total. The number of nitrogens with zero attached hydrogens (tertiary/aromatic N) is 1. The fourth-order valence-electron chi connectivity index (χ4n) is 3.87. The number of hydrogen-bond acceptors (Lipinski definition) is 5. The van der Waals surface area contributed by atoms with E-state index in [1.54, 1.807) is 14.2 Å². The van der Waals surface area contributed by atoms with Crippen molar-refractivity contribution in [2.75, 3.05) is 40.5 Å². The zero-order chi connectivity index (χ0) is 20.6. The first kappa shape index (κ1) is 21.9. The molecule has 158 valence electrons. The van der Waals surface area contributed by atoms with Crippen molar-refractivity contribution in [3.8, 4) is 17.2 Å². The summed E-state index contributed by atoms with van der Waals surface area (Å²) in [6, 6.07) is 12.9. The van der Waals surface area contributed by atoms with Gasteiger partial charge in [0.25, 0.3) is 0 Å². The lowest BCUT2D eigenvalue weighted by Gasteiger charge is -2.28. The van der Waals surface area contributed by atoms with Gasteiger partial charge in [0.2, 0.25) is 0 Å². The number of halogens is 1. The van der Waals surface area contributed by atoms with E-state index < -0.39 is 0 Å². The Hall–Kier alpha value is -1.76. The van der Waals surface area contributed by atoms with Gasteiger partial charge in [-0.2, -0.15) is 0 Å². The maximum absolute atomic E-state index is 5.69. The summed E-state index contributed by atoms with van der Waals surface area (Å²) in [5.74, 6) is 2.42. The number of ether oxygens (including phenoxy) is 3. The Balaban J connectivity index is 1.70. The number of likely N-dealkylation sites (tertiary alicyclic amines) is 1. The molecular weight excluding hydrogens is 432 g/mol. The summed E-state index contributed by atoms with van der Waals surface area (Å²) >= 11 is 3.61. The molecule has 1 aliphatic heterocycles. The van der Waals surface area contributed by atoms with Crippen LogP contribution in [0, 0.1) is 0 Å². The molecule has 0 amide bonds. The fraction of sp³-hybridized carbons (Fsp3) is 0.478. The monoisotopic (exact) mass is 462 g/mol. The van der Waals surface area contributed by atoms with E-state index >= 15 is 0 Å². The van der Waals surface area contributed by atoms with Crippen molar-refractivity contribution in [2.24, 2.45) is 0 Å². The summed E-state index contributed by atoms with van der Waals surface area (Å²) in [4.78, 5) is 2.57. The molecule has 1 aliphatic rings. The maximum atomic E-state index is 5.69. The third kappa shape index (κ3) is 5.65.